The molecular formula is C25H30N2O4. The van der Waals surface area contributed by atoms with Crippen molar-refractivity contribution in [1.82, 2.24) is 4.90 Å². The molecule has 31 heavy (non-hydrogen) atoms. The van der Waals surface area contributed by atoms with Crippen LogP contribution in [0.1, 0.15) is 37.0 Å². The van der Waals surface area contributed by atoms with Gasteiger partial charge in [0.15, 0.2) is 0 Å². The highest BCUT2D eigenvalue weighted by molar-refractivity contribution is 6.36. The summed E-state index contributed by atoms with van der Waals surface area (Å²) in [7, 11) is 1.60. The lowest BCUT2D eigenvalue weighted by Crippen LogP contribution is -2.34. The Morgan fingerprint density at radius 3 is 2.35 bits per heavy atom. The lowest BCUT2D eigenvalue weighted by atomic mass is 10.0. The van der Waals surface area contributed by atoms with Crippen molar-refractivity contribution in [2.75, 3.05) is 25.6 Å². The largest absolute Gasteiger partial charge is 0.491 e. The van der Waals surface area contributed by atoms with Crippen LogP contribution in [0.15, 0.2) is 48.2 Å². The van der Waals surface area contributed by atoms with E-state index in [2.05, 4.69) is 5.32 Å². The van der Waals surface area contributed by atoms with Gasteiger partial charge in [-0.25, -0.2) is 0 Å². The monoisotopic (exact) mass is 422 g/mol. The third-order valence-electron chi connectivity index (χ3n) is 5.07. The highest BCUT2D eigenvalue weighted by atomic mass is 16.5. The molecular weight excluding hydrogens is 392 g/mol. The normalized spacial score (nSPS) is 14.1. The Labute approximate surface area is 183 Å². The number of hydrogen-bond donors (Lipinski definition) is 1. The Balaban J connectivity index is 2.00. The summed E-state index contributed by atoms with van der Waals surface area (Å²) in [6.07, 6.45) is 0.636. The predicted molar refractivity (Wildman–Crippen MR) is 122 cm³/mol. The molecule has 3 rings (SSSR count). The fraction of sp³-hybridized carbons (Fsp3) is 0.360. The van der Waals surface area contributed by atoms with Crippen LogP contribution in [-0.4, -0.2) is 43.1 Å². The van der Waals surface area contributed by atoms with Gasteiger partial charge in [-0.15, -0.1) is 0 Å². The van der Waals surface area contributed by atoms with Crippen LogP contribution >= 0.6 is 0 Å². The number of amides is 2. The molecule has 0 saturated heterocycles. The van der Waals surface area contributed by atoms with Gasteiger partial charge >= 0.3 is 0 Å². The maximum Gasteiger partial charge on any atom is 0.278 e. The molecule has 2 aromatic carbocycles. The van der Waals surface area contributed by atoms with Crippen LogP contribution in [0.4, 0.5) is 5.69 Å². The maximum atomic E-state index is 13.3. The molecule has 6 heteroatoms. The van der Waals surface area contributed by atoms with Crippen LogP contribution in [0.25, 0.3) is 5.57 Å². The Kier molecular flexibility index (Phi) is 7.13. The van der Waals surface area contributed by atoms with Gasteiger partial charge in [-0.05, 0) is 69.0 Å². The van der Waals surface area contributed by atoms with E-state index in [0.717, 1.165) is 22.6 Å². The number of ether oxygens (including phenoxy) is 2. The number of imide groups is 1. The minimum absolute atomic E-state index is 0.0533. The Bertz CT molecular complexity index is 993. The fourth-order valence-corrected chi connectivity index (χ4v) is 3.51. The summed E-state index contributed by atoms with van der Waals surface area (Å²) in [4.78, 5) is 27.8. The van der Waals surface area contributed by atoms with Gasteiger partial charge in [-0.3, -0.25) is 14.5 Å². The minimum atomic E-state index is -0.320. The minimum Gasteiger partial charge on any atom is -0.491 e. The van der Waals surface area contributed by atoms with Crippen LogP contribution in [-0.2, 0) is 14.3 Å². The van der Waals surface area contributed by atoms with Crippen molar-refractivity contribution in [3.8, 4) is 5.75 Å². The lowest BCUT2D eigenvalue weighted by molar-refractivity contribution is -0.136. The molecule has 2 aromatic rings. The fourth-order valence-electron chi connectivity index (χ4n) is 3.51. The zero-order valence-corrected chi connectivity index (χ0v) is 18.8. The average molecular weight is 423 g/mol. The molecule has 2 amide bonds. The Hall–Kier alpha value is -3.12. The third kappa shape index (κ3) is 5.14. The van der Waals surface area contributed by atoms with Crippen LogP contribution < -0.4 is 10.1 Å². The summed E-state index contributed by atoms with van der Waals surface area (Å²) < 4.78 is 10.8. The quantitative estimate of drug-likeness (QED) is 0.482. The number of nitrogens with zero attached hydrogens (tertiary/aromatic N) is 1. The second-order valence-electron chi connectivity index (χ2n) is 7.99. The number of aryl methyl sites for hydroxylation is 2. The summed E-state index contributed by atoms with van der Waals surface area (Å²) in [5.74, 6) is 0.100. The van der Waals surface area contributed by atoms with Gasteiger partial charge in [0, 0.05) is 25.9 Å². The van der Waals surface area contributed by atoms with Gasteiger partial charge in [-0.1, -0.05) is 24.3 Å². The zero-order chi connectivity index (χ0) is 22.5. The van der Waals surface area contributed by atoms with Gasteiger partial charge in [0.25, 0.3) is 11.8 Å². The molecule has 164 valence electrons. The molecule has 0 atom stereocenters. The van der Waals surface area contributed by atoms with Gasteiger partial charge in [-0.2, -0.15) is 0 Å². The van der Waals surface area contributed by atoms with Gasteiger partial charge < -0.3 is 14.8 Å². The predicted octanol–water partition coefficient (Wildman–Crippen LogP) is 4.32. The van der Waals surface area contributed by atoms with E-state index in [1.807, 2.05) is 70.2 Å². The number of carbonyl (C=O) groups is 2. The van der Waals surface area contributed by atoms with Crippen LogP contribution in [0, 0.1) is 13.8 Å². The first-order valence-corrected chi connectivity index (χ1v) is 10.5. The van der Waals surface area contributed by atoms with Crippen molar-refractivity contribution in [2.24, 2.45) is 0 Å². The molecule has 0 aliphatic carbocycles. The number of hydrogen-bond acceptors (Lipinski definition) is 5. The van der Waals surface area contributed by atoms with E-state index >= 15 is 0 Å². The van der Waals surface area contributed by atoms with Crippen molar-refractivity contribution in [3.63, 3.8) is 0 Å². The molecule has 0 unspecified atom stereocenters. The summed E-state index contributed by atoms with van der Waals surface area (Å²) in [6.45, 7) is 8.66. The van der Waals surface area contributed by atoms with E-state index in [-0.39, 0.29) is 17.9 Å². The van der Waals surface area contributed by atoms with Crippen LogP contribution in [0.5, 0.6) is 5.75 Å². The van der Waals surface area contributed by atoms with Crippen LogP contribution in [0.3, 0.4) is 0 Å². The summed E-state index contributed by atoms with van der Waals surface area (Å²) in [6, 6.07) is 13.3. The summed E-state index contributed by atoms with van der Waals surface area (Å²) in [5.41, 5.74) is 4.23. The third-order valence-corrected chi connectivity index (χ3v) is 5.07. The smallest absolute Gasteiger partial charge is 0.278 e. The Morgan fingerprint density at radius 2 is 1.71 bits per heavy atom. The molecule has 0 bridgehead atoms. The standard InChI is InChI=1S/C25H30N2O4/c1-16(2)31-20-11-9-19(10-12-20)22-23(26-21-15-17(3)7-8-18(21)4)25(29)27(24(22)28)13-6-14-30-5/h7-12,15-16,26H,6,13-14H2,1-5H3. The van der Waals surface area contributed by atoms with Gasteiger partial charge in [0.2, 0.25) is 0 Å². The molecule has 1 N–H and O–H groups in total. The molecule has 0 fully saturated rings. The van der Waals surface area contributed by atoms with Gasteiger partial charge in [0.05, 0.1) is 11.7 Å². The first-order chi connectivity index (χ1) is 14.8. The van der Waals surface area contributed by atoms with Crippen molar-refractivity contribution in [1.29, 1.82) is 0 Å². The molecule has 1 aliphatic heterocycles. The molecule has 0 radical (unpaired) electrons. The number of methoxy groups -OCH3 is 1. The molecule has 6 nitrogen and oxygen atoms in total. The zero-order valence-electron chi connectivity index (χ0n) is 18.8. The highest BCUT2D eigenvalue weighted by Gasteiger charge is 2.39. The average Bonchev–Trinajstić information content (AvgIpc) is 2.95. The number of carbonyl (C=O) groups excluding carboxylic acids is 2. The summed E-state index contributed by atoms with van der Waals surface area (Å²) in [5, 5.41) is 3.25. The molecule has 0 aromatic heterocycles. The van der Waals surface area contributed by atoms with E-state index in [1.54, 1.807) is 7.11 Å². The molecule has 0 saturated carbocycles. The Morgan fingerprint density at radius 1 is 1.00 bits per heavy atom. The van der Waals surface area contributed by atoms with E-state index in [0.29, 0.717) is 36.4 Å². The maximum absolute atomic E-state index is 13.3. The SMILES string of the molecule is COCCCN1C(=O)C(Nc2cc(C)ccc2C)=C(c2ccc(OC(C)C)cc2)C1=O. The summed E-state index contributed by atoms with van der Waals surface area (Å²) >= 11 is 0. The lowest BCUT2D eigenvalue weighted by Gasteiger charge is -2.15. The first-order valence-electron chi connectivity index (χ1n) is 10.5. The topological polar surface area (TPSA) is 67.9 Å². The number of nitrogens with one attached hydrogen (secondary N) is 1. The number of anilines is 1. The number of rotatable bonds is 9. The van der Waals surface area contributed by atoms with E-state index in [4.69, 9.17) is 9.47 Å². The van der Waals surface area contributed by atoms with E-state index in [9.17, 15) is 9.59 Å². The van der Waals surface area contributed by atoms with E-state index < -0.39 is 0 Å². The first kappa shape index (κ1) is 22.6. The van der Waals surface area contributed by atoms with Gasteiger partial charge in [0.1, 0.15) is 11.4 Å². The van der Waals surface area contributed by atoms with Crippen molar-refractivity contribution in [3.05, 3.63) is 64.9 Å². The van der Waals surface area contributed by atoms with Crippen LogP contribution in [0.2, 0.25) is 0 Å². The molecule has 1 aliphatic rings. The highest BCUT2D eigenvalue weighted by Crippen LogP contribution is 2.32. The second-order valence-corrected chi connectivity index (χ2v) is 7.99. The second kappa shape index (κ2) is 9.79. The molecule has 0 spiro atoms. The van der Waals surface area contributed by atoms with Crippen molar-refractivity contribution < 1.29 is 19.1 Å². The molecule has 1 heterocycles. The number of benzene rings is 2. The van der Waals surface area contributed by atoms with Crippen molar-refractivity contribution >= 4 is 23.1 Å². The van der Waals surface area contributed by atoms with E-state index in [1.165, 1.54) is 4.90 Å². The van der Waals surface area contributed by atoms with Crippen molar-refractivity contribution in [2.45, 2.75) is 40.2 Å².